The number of rotatable bonds is 5. The molecule has 1 aromatic heterocycles. The van der Waals surface area contributed by atoms with E-state index in [0.29, 0.717) is 0 Å². The molecule has 0 saturated carbocycles. The van der Waals surface area contributed by atoms with Crippen LogP contribution in [0.25, 0.3) is 0 Å². The molecule has 1 aromatic rings. The van der Waals surface area contributed by atoms with Crippen LogP contribution in [-0.2, 0) is 30.5 Å². The molecule has 1 N–H and O–H groups in total. The maximum atomic E-state index is 12.9. The Bertz CT molecular complexity index is 777. The largest absolute Gasteiger partial charge is 0.463 e. The molecule has 2 unspecified atom stereocenters. The summed E-state index contributed by atoms with van der Waals surface area (Å²) in [6.07, 6.45) is -2.13. The van der Waals surface area contributed by atoms with E-state index < -0.39 is 53.7 Å². The summed E-state index contributed by atoms with van der Waals surface area (Å²) in [5, 5.41) is -1.04. The molecule has 9 nitrogen and oxygen atoms in total. The van der Waals surface area contributed by atoms with Crippen LogP contribution in [0.1, 0.15) is 25.6 Å². The Balaban J connectivity index is 2.35. The van der Waals surface area contributed by atoms with Crippen LogP contribution in [-0.4, -0.2) is 45.7 Å². The van der Waals surface area contributed by atoms with Gasteiger partial charge in [-0.3, -0.25) is 23.9 Å². The zero-order valence-electron chi connectivity index (χ0n) is 13.4. The Morgan fingerprint density at radius 2 is 2.04 bits per heavy atom. The number of esters is 2. The lowest BCUT2D eigenvalue weighted by molar-refractivity contribution is -0.155. The van der Waals surface area contributed by atoms with E-state index in [-0.39, 0.29) is 12.2 Å². The average molecular weight is 379 g/mol. The van der Waals surface area contributed by atoms with Crippen LogP contribution in [0.3, 0.4) is 0 Å². The number of alkyl halides is 2. The first-order valence-corrected chi connectivity index (χ1v) is 7.68. The Hall–Kier alpha value is -2.20. The third-order valence-corrected chi connectivity index (χ3v) is 3.94. The normalized spacial score (nSPS) is 25.6. The Morgan fingerprint density at radius 3 is 2.60 bits per heavy atom. The van der Waals surface area contributed by atoms with E-state index in [0.717, 1.165) is 17.7 Å². The molecule has 0 aliphatic carbocycles. The molecule has 0 bridgehead atoms. The first-order valence-electron chi connectivity index (χ1n) is 7.25. The summed E-state index contributed by atoms with van der Waals surface area (Å²) in [4.78, 5) is 47.7. The zero-order valence-corrected chi connectivity index (χ0v) is 14.1. The molecule has 0 amide bonds. The maximum absolute atomic E-state index is 12.9. The van der Waals surface area contributed by atoms with Crippen LogP contribution in [0.5, 0.6) is 0 Å². The quantitative estimate of drug-likeness (QED) is 0.566. The van der Waals surface area contributed by atoms with Crippen LogP contribution in [0.2, 0.25) is 0 Å². The van der Waals surface area contributed by atoms with Gasteiger partial charge in [0.15, 0.2) is 12.3 Å². The van der Waals surface area contributed by atoms with E-state index in [9.17, 15) is 23.6 Å². The smallest absolute Gasteiger partial charge is 0.330 e. The van der Waals surface area contributed by atoms with E-state index in [4.69, 9.17) is 25.8 Å². The van der Waals surface area contributed by atoms with Crippen LogP contribution >= 0.6 is 11.6 Å². The van der Waals surface area contributed by atoms with Crippen LogP contribution < -0.4 is 11.2 Å². The van der Waals surface area contributed by atoms with Gasteiger partial charge in [-0.15, -0.1) is 11.6 Å². The van der Waals surface area contributed by atoms with Crippen molar-refractivity contribution in [3.8, 4) is 0 Å². The molecule has 2 heterocycles. The van der Waals surface area contributed by atoms with Gasteiger partial charge in [-0.2, -0.15) is 0 Å². The molecule has 0 aromatic carbocycles. The van der Waals surface area contributed by atoms with Crippen LogP contribution in [0, 0.1) is 0 Å². The number of hydrogen-bond acceptors (Lipinski definition) is 7. The fraction of sp³-hybridized carbons (Fsp3) is 0.571. The molecule has 1 saturated heterocycles. The lowest BCUT2D eigenvalue weighted by Gasteiger charge is -2.19. The standard InChI is InChI=1S/C14H16ClFN2O7/c1-6(19)23-5-9-11(24-7(2)20)10(15)13(25-9)18-4-8(3-16)12(21)17-14(18)22/h4,9-11,13H,3,5H2,1-2H3,(H,17,21,22)/t9-,10?,11?,13-/m0/s1. The second-order valence-electron chi connectivity index (χ2n) is 5.34. The number of nitrogens with one attached hydrogen (secondary N) is 1. The highest BCUT2D eigenvalue weighted by atomic mass is 35.5. The predicted molar refractivity (Wildman–Crippen MR) is 81.9 cm³/mol. The molecule has 138 valence electrons. The van der Waals surface area contributed by atoms with E-state index in [1.54, 1.807) is 0 Å². The average Bonchev–Trinajstić information content (AvgIpc) is 2.82. The van der Waals surface area contributed by atoms with Crippen molar-refractivity contribution < 1.29 is 28.2 Å². The fourth-order valence-electron chi connectivity index (χ4n) is 2.40. The van der Waals surface area contributed by atoms with Crippen molar-refractivity contribution in [2.75, 3.05) is 6.61 Å². The van der Waals surface area contributed by atoms with Crippen LogP contribution in [0.15, 0.2) is 15.8 Å². The van der Waals surface area contributed by atoms with Crippen molar-refractivity contribution in [3.63, 3.8) is 0 Å². The zero-order chi connectivity index (χ0) is 18.7. The monoisotopic (exact) mass is 378 g/mol. The van der Waals surface area contributed by atoms with Crippen LogP contribution in [0.4, 0.5) is 4.39 Å². The highest BCUT2D eigenvalue weighted by Gasteiger charge is 2.47. The SMILES string of the molecule is CC(=O)OC[C@@H]1O[C@H](n2cc(CF)c(=O)[nH]c2=O)C(Cl)C1OC(C)=O. The lowest BCUT2D eigenvalue weighted by atomic mass is 10.1. The molecular weight excluding hydrogens is 363 g/mol. The van der Waals surface area contributed by atoms with E-state index in [2.05, 4.69) is 0 Å². The molecule has 0 radical (unpaired) electrons. The van der Waals surface area contributed by atoms with Gasteiger partial charge in [0, 0.05) is 20.0 Å². The molecule has 4 atom stereocenters. The second-order valence-corrected chi connectivity index (χ2v) is 5.84. The second kappa shape index (κ2) is 7.79. The summed E-state index contributed by atoms with van der Waals surface area (Å²) < 4.78 is 29.3. The lowest BCUT2D eigenvalue weighted by Crippen LogP contribution is -2.38. The molecule has 0 spiro atoms. The highest BCUT2D eigenvalue weighted by molar-refractivity contribution is 6.21. The number of H-pyrrole nitrogens is 1. The Kier molecular flexibility index (Phi) is 5.96. The third-order valence-electron chi connectivity index (χ3n) is 3.48. The molecule has 1 fully saturated rings. The minimum Gasteiger partial charge on any atom is -0.463 e. The summed E-state index contributed by atoms with van der Waals surface area (Å²) in [6.45, 7) is 0.985. The van der Waals surface area contributed by atoms with Crippen molar-refractivity contribution in [1.82, 2.24) is 9.55 Å². The van der Waals surface area contributed by atoms with Gasteiger partial charge in [0.05, 0.1) is 5.56 Å². The maximum Gasteiger partial charge on any atom is 0.330 e. The number of carbonyl (C=O) groups excluding carboxylic acids is 2. The third kappa shape index (κ3) is 4.26. The van der Waals surface area contributed by atoms with Crippen molar-refractivity contribution in [3.05, 3.63) is 32.6 Å². The highest BCUT2D eigenvalue weighted by Crippen LogP contribution is 2.35. The Morgan fingerprint density at radius 1 is 1.36 bits per heavy atom. The fourth-order valence-corrected chi connectivity index (χ4v) is 2.79. The first-order chi connectivity index (χ1) is 11.7. The van der Waals surface area contributed by atoms with Gasteiger partial charge in [0.2, 0.25) is 0 Å². The summed E-state index contributed by atoms with van der Waals surface area (Å²) >= 11 is 6.25. The van der Waals surface area contributed by atoms with Gasteiger partial charge in [-0.05, 0) is 0 Å². The molecule has 25 heavy (non-hydrogen) atoms. The van der Waals surface area contributed by atoms with Gasteiger partial charge in [-0.1, -0.05) is 0 Å². The number of ether oxygens (including phenoxy) is 3. The van der Waals surface area contributed by atoms with E-state index in [1.165, 1.54) is 6.92 Å². The van der Waals surface area contributed by atoms with Gasteiger partial charge in [0.1, 0.15) is 24.8 Å². The molecular formula is C14H16ClFN2O7. The minimum atomic E-state index is -1.17. The van der Waals surface area contributed by atoms with E-state index in [1.807, 2.05) is 4.98 Å². The molecule has 1 aliphatic rings. The Labute approximate surface area is 145 Å². The first kappa shape index (κ1) is 19.1. The van der Waals surface area contributed by atoms with Crippen molar-refractivity contribution in [2.45, 2.75) is 44.3 Å². The number of aromatic amines is 1. The summed E-state index contributed by atoms with van der Waals surface area (Å²) in [5.74, 6) is -1.23. The number of hydrogen-bond donors (Lipinski definition) is 1. The van der Waals surface area contributed by atoms with Gasteiger partial charge < -0.3 is 14.2 Å². The van der Waals surface area contributed by atoms with Gasteiger partial charge in [0.25, 0.3) is 5.56 Å². The van der Waals surface area contributed by atoms with Crippen molar-refractivity contribution in [1.29, 1.82) is 0 Å². The number of aromatic nitrogens is 2. The number of nitrogens with zero attached hydrogens (tertiary/aromatic N) is 1. The topological polar surface area (TPSA) is 117 Å². The summed E-state index contributed by atoms with van der Waals surface area (Å²) in [5.41, 5.74) is -2.02. The van der Waals surface area contributed by atoms with Crippen molar-refractivity contribution in [2.24, 2.45) is 0 Å². The number of halogens is 2. The summed E-state index contributed by atoms with van der Waals surface area (Å²) in [6, 6.07) is 0. The minimum absolute atomic E-state index is 0.263. The van der Waals surface area contributed by atoms with Gasteiger partial charge in [-0.25, -0.2) is 9.18 Å². The summed E-state index contributed by atoms with van der Waals surface area (Å²) in [7, 11) is 0. The van der Waals surface area contributed by atoms with E-state index >= 15 is 0 Å². The number of carbonyl (C=O) groups is 2. The van der Waals surface area contributed by atoms with Crippen molar-refractivity contribution >= 4 is 23.5 Å². The molecule has 11 heteroatoms. The van der Waals surface area contributed by atoms with Gasteiger partial charge >= 0.3 is 17.6 Å². The molecule has 1 aliphatic heterocycles. The predicted octanol–water partition coefficient (Wildman–Crippen LogP) is 0.00570. The molecule has 2 rings (SSSR count).